The molecule has 1 amide bonds. The molecule has 254 valence electrons. The first-order chi connectivity index (χ1) is 21.1. The quantitative estimate of drug-likeness (QED) is 0.0731. The van der Waals surface area contributed by atoms with Gasteiger partial charge in [0.15, 0.2) is 5.78 Å². The smallest absolute Gasteiger partial charge is 0.351 e. The number of esters is 1. The van der Waals surface area contributed by atoms with Gasteiger partial charge >= 0.3 is 5.97 Å². The molecular weight excluding hydrogens is 579 g/mol. The minimum atomic E-state index is -2.89. The maximum atomic E-state index is 15.5. The lowest BCUT2D eigenvalue weighted by Crippen LogP contribution is -2.54. The fraction of sp³-hybridized carbons (Fsp3) is 0.686. The van der Waals surface area contributed by atoms with Crippen molar-refractivity contribution in [2.45, 2.75) is 125 Å². The van der Waals surface area contributed by atoms with Crippen LogP contribution in [0.5, 0.6) is 0 Å². The van der Waals surface area contributed by atoms with Gasteiger partial charge in [-0.15, -0.1) is 0 Å². The lowest BCUT2D eigenvalue weighted by atomic mass is 9.69. The van der Waals surface area contributed by atoms with Crippen molar-refractivity contribution in [3.8, 4) is 0 Å². The van der Waals surface area contributed by atoms with Crippen LogP contribution < -0.4 is 0 Å². The molecule has 0 aliphatic rings. The van der Waals surface area contributed by atoms with E-state index >= 15 is 4.39 Å². The zero-order valence-electron chi connectivity index (χ0n) is 28.6. The third kappa shape index (κ3) is 11.7. The first-order valence-electron chi connectivity index (χ1n) is 16.2. The summed E-state index contributed by atoms with van der Waals surface area (Å²) in [6.45, 7) is 14.4. The zero-order chi connectivity index (χ0) is 34.4. The first-order valence-corrected chi connectivity index (χ1v) is 16.2. The molecule has 0 saturated heterocycles. The molecule has 1 rings (SSSR count). The maximum Gasteiger partial charge on any atom is 0.351 e. The monoisotopic (exact) mass is 634 g/mol. The summed E-state index contributed by atoms with van der Waals surface area (Å²) in [5, 5.41) is 26.3. The topological polar surface area (TPSA) is 135 Å². The number of nitrogens with zero attached hydrogens (tertiary/aromatic N) is 2. The Kier molecular flexibility index (Phi) is 16.8. The molecule has 0 radical (unpaired) electrons. The van der Waals surface area contributed by atoms with Gasteiger partial charge in [-0.25, -0.2) is 14.2 Å². The van der Waals surface area contributed by atoms with Crippen molar-refractivity contribution in [2.24, 2.45) is 33.8 Å². The van der Waals surface area contributed by atoms with E-state index in [-0.39, 0.29) is 44.3 Å². The van der Waals surface area contributed by atoms with Crippen LogP contribution >= 0.6 is 0 Å². The number of hydrogen-bond acceptors (Lipinski definition) is 8. The number of oxime groups is 1. The van der Waals surface area contributed by atoms with E-state index in [0.29, 0.717) is 17.8 Å². The molecule has 7 atom stereocenters. The highest BCUT2D eigenvalue weighted by molar-refractivity contribution is 6.07. The lowest BCUT2D eigenvalue weighted by Gasteiger charge is -2.43. The van der Waals surface area contributed by atoms with E-state index in [2.05, 4.69) is 10.1 Å². The normalized spacial score (nSPS) is 18.5. The Bertz CT molecular complexity index is 1150. The van der Waals surface area contributed by atoms with Gasteiger partial charge in [-0.05, 0) is 63.4 Å². The number of alkyl halides is 1. The van der Waals surface area contributed by atoms with Gasteiger partial charge in [-0.3, -0.25) is 9.59 Å². The number of halogens is 1. The van der Waals surface area contributed by atoms with Crippen molar-refractivity contribution >= 4 is 29.1 Å². The highest BCUT2D eigenvalue weighted by atomic mass is 19.1. The van der Waals surface area contributed by atoms with Crippen molar-refractivity contribution in [3.63, 3.8) is 0 Å². The standard InChI is InChI=1S/C35H55FN2O7/c1-10-16-24(5)31(37-26(7)40)25(6)29(20-19-28(21-39)38-44-22-27-17-14-13-15-18-27)35(9,43)30(12-3)45-33(42)34(8,36)32(41)23(4)11-2/h13-15,17-18,23-25,29-30,39,43H,10-12,16,19-22H2,1-9H3/b37-31?,38-28+/t23-,24-,25-,29-,30-,34+,35+/m1/s1. The Hall–Kier alpha value is -2.98. The van der Waals surface area contributed by atoms with Crippen molar-refractivity contribution in [1.82, 2.24) is 0 Å². The Morgan fingerprint density at radius 2 is 1.60 bits per heavy atom. The van der Waals surface area contributed by atoms with Crippen molar-refractivity contribution < 1.29 is 38.6 Å². The molecule has 0 spiro atoms. The summed E-state index contributed by atoms with van der Waals surface area (Å²) in [6.07, 6.45) is 1.35. The predicted molar refractivity (Wildman–Crippen MR) is 175 cm³/mol. The fourth-order valence-electron chi connectivity index (χ4n) is 5.77. The Balaban J connectivity index is 3.47. The first kappa shape index (κ1) is 40.0. The molecule has 0 aliphatic heterocycles. The van der Waals surface area contributed by atoms with Crippen LogP contribution in [-0.2, 0) is 30.6 Å². The molecular formula is C35H55FN2O7. The van der Waals surface area contributed by atoms with Gasteiger partial charge in [0.25, 0.3) is 5.67 Å². The third-order valence-corrected chi connectivity index (χ3v) is 8.71. The summed E-state index contributed by atoms with van der Waals surface area (Å²) in [6, 6.07) is 9.43. The number of ether oxygens (including phenoxy) is 1. The Morgan fingerprint density at radius 1 is 0.978 bits per heavy atom. The number of benzene rings is 1. The van der Waals surface area contributed by atoms with Crippen molar-refractivity contribution in [1.29, 1.82) is 0 Å². The molecule has 0 bridgehead atoms. The summed E-state index contributed by atoms with van der Waals surface area (Å²) in [5.41, 5.74) is -2.80. The highest BCUT2D eigenvalue weighted by Gasteiger charge is 2.50. The van der Waals surface area contributed by atoms with Crippen molar-refractivity contribution in [2.75, 3.05) is 6.61 Å². The molecule has 1 aromatic rings. The van der Waals surface area contributed by atoms with Crippen LogP contribution in [0.15, 0.2) is 40.5 Å². The van der Waals surface area contributed by atoms with E-state index in [9.17, 15) is 24.6 Å². The van der Waals surface area contributed by atoms with Gasteiger partial charge in [0.2, 0.25) is 5.91 Å². The number of aliphatic hydroxyl groups is 2. The number of ketones is 1. The second-order valence-corrected chi connectivity index (χ2v) is 12.5. The highest BCUT2D eigenvalue weighted by Crippen LogP contribution is 2.38. The molecule has 2 N–H and O–H groups in total. The molecule has 0 aliphatic carbocycles. The average Bonchev–Trinajstić information content (AvgIpc) is 3.00. The molecule has 45 heavy (non-hydrogen) atoms. The van der Waals surface area contributed by atoms with Crippen LogP contribution in [0.1, 0.15) is 106 Å². The number of carbonyl (C=O) groups excluding carboxylic acids is 3. The average molecular weight is 635 g/mol. The van der Waals surface area contributed by atoms with E-state index in [1.54, 1.807) is 20.8 Å². The molecule has 0 unspecified atom stereocenters. The van der Waals surface area contributed by atoms with Crippen LogP contribution in [0.3, 0.4) is 0 Å². The summed E-state index contributed by atoms with van der Waals surface area (Å²) in [7, 11) is 0. The number of carbonyl (C=O) groups is 3. The second-order valence-electron chi connectivity index (χ2n) is 12.5. The molecule has 10 heteroatoms. The SMILES string of the molecule is CCC[C@@H](C)C(=NC(C)=O)[C@H](C)[C@@H](CC/C(CO)=N\OCc1ccccc1)[C@](C)(O)[C@@H](CC)OC(=O)[C@@](C)(F)C(=O)[C@H](C)CC. The van der Waals surface area contributed by atoms with Gasteiger partial charge < -0.3 is 19.8 Å². The Labute approximate surface area is 268 Å². The number of hydrogen-bond donors (Lipinski definition) is 2. The third-order valence-electron chi connectivity index (χ3n) is 8.71. The van der Waals surface area contributed by atoms with Crippen LogP contribution in [0.25, 0.3) is 0 Å². The molecule has 9 nitrogen and oxygen atoms in total. The van der Waals surface area contributed by atoms with Crippen LogP contribution in [-0.4, -0.2) is 63.3 Å². The Morgan fingerprint density at radius 3 is 2.11 bits per heavy atom. The number of aliphatic imine (C=N–C) groups is 1. The zero-order valence-corrected chi connectivity index (χ0v) is 28.6. The van der Waals surface area contributed by atoms with E-state index in [0.717, 1.165) is 25.3 Å². The minimum absolute atomic E-state index is 0.0858. The molecule has 0 fully saturated rings. The van der Waals surface area contributed by atoms with E-state index in [1.807, 2.05) is 51.1 Å². The lowest BCUT2D eigenvalue weighted by molar-refractivity contribution is -0.186. The van der Waals surface area contributed by atoms with Crippen molar-refractivity contribution in [3.05, 3.63) is 35.9 Å². The molecule has 1 aromatic carbocycles. The van der Waals surface area contributed by atoms with Crippen LogP contribution in [0, 0.1) is 23.7 Å². The van der Waals surface area contributed by atoms with Gasteiger partial charge in [-0.2, -0.15) is 0 Å². The summed E-state index contributed by atoms with van der Waals surface area (Å²) >= 11 is 0. The summed E-state index contributed by atoms with van der Waals surface area (Å²) in [4.78, 5) is 47.8. The largest absolute Gasteiger partial charge is 0.457 e. The number of rotatable bonds is 20. The number of aliphatic hydroxyl groups excluding tert-OH is 1. The maximum absolute atomic E-state index is 15.5. The minimum Gasteiger partial charge on any atom is -0.457 e. The van der Waals surface area contributed by atoms with Gasteiger partial charge in [0, 0.05) is 24.5 Å². The summed E-state index contributed by atoms with van der Waals surface area (Å²) in [5.74, 6) is -4.55. The second kappa shape index (κ2) is 18.9. The van der Waals surface area contributed by atoms with E-state index < -0.39 is 46.9 Å². The van der Waals surface area contributed by atoms with E-state index in [4.69, 9.17) is 9.57 Å². The van der Waals surface area contributed by atoms with Gasteiger partial charge in [0.05, 0.1) is 12.3 Å². The van der Waals surface area contributed by atoms with Gasteiger partial charge in [-0.1, -0.05) is 83.5 Å². The summed E-state index contributed by atoms with van der Waals surface area (Å²) < 4.78 is 21.1. The van der Waals surface area contributed by atoms with Gasteiger partial charge in [0.1, 0.15) is 18.3 Å². The number of amides is 1. The number of Topliss-reactive ketones (excluding diaryl/α,β-unsaturated/α-hetero) is 1. The molecule has 0 saturated carbocycles. The predicted octanol–water partition coefficient (Wildman–Crippen LogP) is 6.42. The van der Waals surface area contributed by atoms with E-state index in [1.165, 1.54) is 13.8 Å². The molecule has 0 heterocycles. The van der Waals surface area contributed by atoms with Crippen LogP contribution in [0.2, 0.25) is 0 Å². The van der Waals surface area contributed by atoms with Crippen LogP contribution in [0.4, 0.5) is 4.39 Å². The molecule has 0 aromatic heterocycles. The fourth-order valence-corrected chi connectivity index (χ4v) is 5.77.